The topological polar surface area (TPSA) is 108 Å². The minimum absolute atomic E-state index is 0.0552. The minimum atomic E-state index is -0.822. The molecule has 2 aromatic carbocycles. The molecular formula is C26H31N3O5. The van der Waals surface area contributed by atoms with Crippen LogP contribution in [0.5, 0.6) is 0 Å². The van der Waals surface area contributed by atoms with Gasteiger partial charge in [-0.15, -0.1) is 0 Å². The predicted molar refractivity (Wildman–Crippen MR) is 127 cm³/mol. The van der Waals surface area contributed by atoms with E-state index in [0.717, 1.165) is 22.3 Å². The molecule has 8 nitrogen and oxygen atoms in total. The molecule has 1 unspecified atom stereocenters. The van der Waals surface area contributed by atoms with E-state index in [1.54, 1.807) is 0 Å². The molecule has 2 aliphatic carbocycles. The van der Waals surface area contributed by atoms with Gasteiger partial charge >= 0.3 is 12.1 Å². The summed E-state index contributed by atoms with van der Waals surface area (Å²) in [6, 6.07) is 15.4. The number of carboxylic acid groups (broad SMARTS) is 1. The monoisotopic (exact) mass is 465 g/mol. The number of hydrogen-bond donors (Lipinski definition) is 3. The van der Waals surface area contributed by atoms with Crippen LogP contribution in [-0.4, -0.2) is 67.3 Å². The number of rotatable bonds is 9. The van der Waals surface area contributed by atoms with Crippen LogP contribution in [0, 0.1) is 5.92 Å². The summed E-state index contributed by atoms with van der Waals surface area (Å²) in [5, 5.41) is 14.5. The molecule has 2 aromatic rings. The molecule has 0 radical (unpaired) electrons. The molecule has 1 saturated carbocycles. The second kappa shape index (κ2) is 10.3. The van der Waals surface area contributed by atoms with Gasteiger partial charge in [0.15, 0.2) is 0 Å². The molecule has 0 aromatic heterocycles. The van der Waals surface area contributed by atoms with E-state index in [-0.39, 0.29) is 36.8 Å². The van der Waals surface area contributed by atoms with Crippen molar-refractivity contribution in [2.75, 3.05) is 27.2 Å². The molecule has 2 aliphatic rings. The number of aliphatic carboxylic acids is 1. The summed E-state index contributed by atoms with van der Waals surface area (Å²) < 4.78 is 5.59. The summed E-state index contributed by atoms with van der Waals surface area (Å²) in [4.78, 5) is 38.1. The maximum absolute atomic E-state index is 12.8. The Kier molecular flexibility index (Phi) is 7.17. The van der Waals surface area contributed by atoms with Crippen LogP contribution >= 0.6 is 0 Å². The Hall–Kier alpha value is -3.39. The lowest BCUT2D eigenvalue weighted by molar-refractivity contribution is -0.139. The van der Waals surface area contributed by atoms with Crippen LogP contribution in [-0.2, 0) is 14.3 Å². The molecule has 0 aliphatic heterocycles. The molecule has 0 saturated heterocycles. The Balaban J connectivity index is 1.34. The lowest BCUT2D eigenvalue weighted by Gasteiger charge is -2.36. The van der Waals surface area contributed by atoms with E-state index in [1.165, 1.54) is 0 Å². The third-order valence-corrected chi connectivity index (χ3v) is 6.55. The second-order valence-electron chi connectivity index (χ2n) is 9.43. The lowest BCUT2D eigenvalue weighted by Crippen LogP contribution is -2.56. The number of fused-ring (bicyclic) bond motifs is 3. The number of amides is 2. The average Bonchev–Trinajstić information content (AvgIpc) is 3.09. The summed E-state index contributed by atoms with van der Waals surface area (Å²) >= 11 is 0. The number of likely N-dealkylation sites (N-methyl/N-ethyl adjacent to an activating group) is 1. The smallest absolute Gasteiger partial charge is 0.407 e. The van der Waals surface area contributed by atoms with Crippen molar-refractivity contribution >= 4 is 18.0 Å². The van der Waals surface area contributed by atoms with Gasteiger partial charge in [0.2, 0.25) is 5.91 Å². The van der Waals surface area contributed by atoms with E-state index < -0.39 is 18.1 Å². The summed E-state index contributed by atoms with van der Waals surface area (Å²) in [6.07, 6.45) is 0.752. The number of ether oxygens (including phenoxy) is 1. The van der Waals surface area contributed by atoms with Crippen LogP contribution in [0.25, 0.3) is 11.1 Å². The molecule has 0 heterocycles. The zero-order chi connectivity index (χ0) is 24.2. The van der Waals surface area contributed by atoms with Crippen molar-refractivity contribution in [3.8, 4) is 11.1 Å². The van der Waals surface area contributed by atoms with Gasteiger partial charge in [0.25, 0.3) is 0 Å². The van der Waals surface area contributed by atoms with Gasteiger partial charge in [-0.25, -0.2) is 4.79 Å². The van der Waals surface area contributed by atoms with E-state index in [9.17, 15) is 14.4 Å². The highest BCUT2D eigenvalue weighted by molar-refractivity contribution is 5.86. The van der Waals surface area contributed by atoms with Crippen LogP contribution in [0.3, 0.4) is 0 Å². The number of hydrogen-bond acceptors (Lipinski definition) is 5. The molecule has 0 bridgehead atoms. The average molecular weight is 466 g/mol. The number of carboxylic acids is 1. The molecule has 1 atom stereocenters. The van der Waals surface area contributed by atoms with E-state index in [1.807, 2.05) is 43.3 Å². The van der Waals surface area contributed by atoms with Crippen molar-refractivity contribution in [2.45, 2.75) is 37.3 Å². The highest BCUT2D eigenvalue weighted by atomic mass is 16.5. The normalized spacial score (nSPS) is 19.5. The third kappa shape index (κ3) is 5.39. The third-order valence-electron chi connectivity index (χ3n) is 6.55. The molecule has 3 N–H and O–H groups in total. The van der Waals surface area contributed by atoms with Gasteiger partial charge in [0, 0.05) is 24.9 Å². The number of nitrogens with zero attached hydrogens (tertiary/aromatic N) is 1. The number of carbonyl (C=O) groups is 3. The van der Waals surface area contributed by atoms with Crippen LogP contribution in [0.4, 0.5) is 4.79 Å². The Morgan fingerprint density at radius 3 is 2.18 bits per heavy atom. The zero-order valence-corrected chi connectivity index (χ0v) is 19.5. The largest absolute Gasteiger partial charge is 0.481 e. The Bertz CT molecular complexity index is 1020. The summed E-state index contributed by atoms with van der Waals surface area (Å²) in [7, 11) is 3.65. The second-order valence-corrected chi connectivity index (χ2v) is 9.43. The fraction of sp³-hybridized carbons (Fsp3) is 0.423. The standard InChI is InChI=1S/C26H31N3O5/c1-29(2)14-23(25(32)27-17-11-16(12-17)13-24(30)31)28-26(33)34-15-22-20-9-5-3-7-18(20)19-8-4-6-10-21(19)22/h3-10,16-17,22-23H,11-15H2,1-2H3,(H,27,32)(H,28,33)(H,30,31). The fourth-order valence-corrected chi connectivity index (χ4v) is 4.91. The van der Waals surface area contributed by atoms with Crippen molar-refractivity contribution in [2.24, 2.45) is 5.92 Å². The molecule has 1 fully saturated rings. The number of alkyl carbamates (subject to hydrolysis) is 1. The first-order valence-electron chi connectivity index (χ1n) is 11.6. The molecule has 180 valence electrons. The van der Waals surface area contributed by atoms with Crippen LogP contribution < -0.4 is 10.6 Å². The van der Waals surface area contributed by atoms with Gasteiger partial charge < -0.3 is 25.4 Å². The first kappa shape index (κ1) is 23.8. The SMILES string of the molecule is CN(C)CC(NC(=O)OCC1c2ccccc2-c2ccccc21)C(=O)NC1CC(CC(=O)O)C1. The van der Waals surface area contributed by atoms with Gasteiger partial charge in [-0.3, -0.25) is 9.59 Å². The van der Waals surface area contributed by atoms with Gasteiger partial charge in [-0.1, -0.05) is 48.5 Å². The van der Waals surface area contributed by atoms with Crippen LogP contribution in [0.2, 0.25) is 0 Å². The van der Waals surface area contributed by atoms with E-state index in [0.29, 0.717) is 19.4 Å². The van der Waals surface area contributed by atoms with Gasteiger partial charge in [-0.2, -0.15) is 0 Å². The number of carbonyl (C=O) groups excluding carboxylic acids is 2. The first-order valence-corrected chi connectivity index (χ1v) is 11.6. The number of nitrogens with one attached hydrogen (secondary N) is 2. The van der Waals surface area contributed by atoms with Crippen molar-refractivity contribution in [1.82, 2.24) is 15.5 Å². The Morgan fingerprint density at radius 1 is 1.03 bits per heavy atom. The van der Waals surface area contributed by atoms with E-state index in [2.05, 4.69) is 34.9 Å². The molecule has 4 rings (SSSR count). The summed E-state index contributed by atoms with van der Waals surface area (Å²) in [5.41, 5.74) is 4.55. The van der Waals surface area contributed by atoms with Crippen molar-refractivity contribution in [3.63, 3.8) is 0 Å². The molecular weight excluding hydrogens is 434 g/mol. The van der Waals surface area contributed by atoms with Gasteiger partial charge in [0.1, 0.15) is 12.6 Å². The highest BCUT2D eigenvalue weighted by Crippen LogP contribution is 2.44. The van der Waals surface area contributed by atoms with Gasteiger partial charge in [0.05, 0.1) is 0 Å². The van der Waals surface area contributed by atoms with Crippen molar-refractivity contribution in [1.29, 1.82) is 0 Å². The highest BCUT2D eigenvalue weighted by Gasteiger charge is 2.34. The fourth-order valence-electron chi connectivity index (χ4n) is 4.91. The van der Waals surface area contributed by atoms with Crippen molar-refractivity contribution < 1.29 is 24.2 Å². The molecule has 0 spiro atoms. The maximum atomic E-state index is 12.8. The van der Waals surface area contributed by atoms with Crippen molar-refractivity contribution in [3.05, 3.63) is 59.7 Å². The van der Waals surface area contributed by atoms with E-state index >= 15 is 0 Å². The quantitative estimate of drug-likeness (QED) is 0.526. The molecule has 2 amide bonds. The molecule has 8 heteroatoms. The van der Waals surface area contributed by atoms with E-state index in [4.69, 9.17) is 9.84 Å². The van der Waals surface area contributed by atoms with Gasteiger partial charge in [-0.05, 0) is 55.1 Å². The zero-order valence-electron chi connectivity index (χ0n) is 19.5. The van der Waals surface area contributed by atoms with Crippen LogP contribution in [0.15, 0.2) is 48.5 Å². The Morgan fingerprint density at radius 2 is 1.62 bits per heavy atom. The minimum Gasteiger partial charge on any atom is -0.481 e. The summed E-state index contributed by atoms with van der Waals surface area (Å²) in [5.74, 6) is -1.08. The predicted octanol–water partition coefficient (Wildman–Crippen LogP) is 2.82. The molecule has 34 heavy (non-hydrogen) atoms. The van der Waals surface area contributed by atoms with Crippen LogP contribution in [0.1, 0.15) is 36.3 Å². The lowest BCUT2D eigenvalue weighted by atomic mass is 9.78. The first-order chi connectivity index (χ1) is 16.3. The number of benzene rings is 2. The maximum Gasteiger partial charge on any atom is 0.407 e. The Labute approximate surface area is 199 Å². The summed E-state index contributed by atoms with van der Waals surface area (Å²) in [6.45, 7) is 0.497.